The Bertz CT molecular complexity index is 1860. The zero-order valence-corrected chi connectivity index (χ0v) is 36.1. The predicted octanol–water partition coefficient (Wildman–Crippen LogP) is -2.32. The van der Waals surface area contributed by atoms with Gasteiger partial charge in [0.2, 0.25) is 23.6 Å². The molecule has 0 heterocycles. The first-order chi connectivity index (χ1) is 30.6. The van der Waals surface area contributed by atoms with E-state index in [9.17, 15) is 83.1 Å². The lowest BCUT2D eigenvalue weighted by atomic mass is 10.0. The Morgan fingerprint density at radius 1 is 0.554 bits per heavy atom. The summed E-state index contributed by atoms with van der Waals surface area (Å²) in [5.41, 5.74) is 5.06. The van der Waals surface area contributed by atoms with E-state index in [-0.39, 0.29) is 24.5 Å². The van der Waals surface area contributed by atoms with E-state index < -0.39 is 153 Å². The number of benzene rings is 1. The monoisotopic (exact) mass is 962 g/mol. The molecule has 1 aromatic rings. The molecule has 0 fully saturated rings. The molecule has 29 heteroatoms. The molecular formula is C36H50N8O19S2. The van der Waals surface area contributed by atoms with Crippen LogP contribution in [0, 0.1) is 0 Å². The minimum atomic E-state index is -1.86. The third-order valence-electron chi connectivity index (χ3n) is 8.31. The minimum Gasteiger partial charge on any atom is -0.481 e. The molecular weight excluding hydrogens is 913 g/mol. The second kappa shape index (κ2) is 30.2. The Morgan fingerprint density at radius 2 is 1.03 bits per heavy atom. The largest absolute Gasteiger partial charge is 0.481 e. The lowest BCUT2D eigenvalue weighted by Gasteiger charge is -2.24. The molecule has 0 unspecified atom stereocenters. The lowest BCUT2D eigenvalue weighted by Crippen LogP contribution is -2.57. The van der Waals surface area contributed by atoms with E-state index in [2.05, 4.69) is 32.1 Å². The first-order valence-corrected chi connectivity index (χ1v) is 21.6. The summed E-state index contributed by atoms with van der Waals surface area (Å²) >= 11 is 0. The second-order valence-corrected chi connectivity index (χ2v) is 16.0. The van der Waals surface area contributed by atoms with Gasteiger partial charge >= 0.3 is 47.9 Å². The van der Waals surface area contributed by atoms with Gasteiger partial charge in [-0.15, -0.1) is 0 Å². The van der Waals surface area contributed by atoms with E-state index in [0.717, 1.165) is 21.6 Å². The molecule has 0 bridgehead atoms. The Morgan fingerprint density at radius 3 is 1.52 bits per heavy atom. The van der Waals surface area contributed by atoms with Crippen molar-refractivity contribution in [3.8, 4) is 0 Å². The van der Waals surface area contributed by atoms with Crippen molar-refractivity contribution >= 4 is 93.2 Å². The molecule has 0 aliphatic carbocycles. The summed E-state index contributed by atoms with van der Waals surface area (Å²) in [5.74, 6) is -13.5. The van der Waals surface area contributed by atoms with Crippen molar-refractivity contribution in [1.82, 2.24) is 42.8 Å². The summed E-state index contributed by atoms with van der Waals surface area (Å²) in [7, 11) is 3.63. The van der Waals surface area contributed by atoms with E-state index in [1.807, 2.05) is 10.6 Å². The van der Waals surface area contributed by atoms with Gasteiger partial charge in [0.1, 0.15) is 42.9 Å². The van der Waals surface area contributed by atoms with Gasteiger partial charge in [0.05, 0.1) is 6.42 Å². The van der Waals surface area contributed by atoms with Crippen molar-refractivity contribution in [1.29, 1.82) is 0 Å². The highest BCUT2D eigenvalue weighted by atomic mass is 33.1. The average Bonchev–Trinajstić information content (AvgIpc) is 3.22. The van der Waals surface area contributed by atoms with Gasteiger partial charge in [0, 0.05) is 44.2 Å². The number of nitrogens with one attached hydrogen (secondary N) is 8. The van der Waals surface area contributed by atoms with Crippen molar-refractivity contribution in [2.24, 2.45) is 0 Å². The topological polar surface area (TPSA) is 432 Å². The van der Waals surface area contributed by atoms with Crippen LogP contribution in [-0.4, -0.2) is 164 Å². The zero-order chi connectivity index (χ0) is 49.1. The van der Waals surface area contributed by atoms with Crippen molar-refractivity contribution in [3.63, 3.8) is 0 Å². The van der Waals surface area contributed by atoms with E-state index in [4.69, 9.17) is 9.84 Å². The number of amides is 7. The maximum atomic E-state index is 13.5. The third-order valence-corrected chi connectivity index (χ3v) is 10.7. The van der Waals surface area contributed by atoms with Crippen LogP contribution in [0.4, 0.5) is 9.59 Å². The smallest absolute Gasteiger partial charge is 0.421 e. The third kappa shape index (κ3) is 24.5. The molecule has 1 rings (SSSR count). The molecule has 0 saturated heterocycles. The number of urea groups is 1. The molecule has 1 aromatic carbocycles. The summed E-state index contributed by atoms with van der Waals surface area (Å²) in [6.07, 6.45) is -5.89. The first-order valence-electron chi connectivity index (χ1n) is 19.1. The van der Waals surface area contributed by atoms with Gasteiger partial charge in [-0.3, -0.25) is 34.2 Å². The highest BCUT2D eigenvalue weighted by molar-refractivity contribution is 8.76. The Balaban J connectivity index is 2.96. The van der Waals surface area contributed by atoms with Crippen molar-refractivity contribution in [2.75, 3.05) is 25.2 Å². The number of carbonyl (C=O) groups is 12. The molecule has 0 aliphatic heterocycles. The van der Waals surface area contributed by atoms with Gasteiger partial charge in [0.15, 0.2) is 0 Å². The van der Waals surface area contributed by atoms with E-state index in [1.165, 1.54) is 7.05 Å². The summed E-state index contributed by atoms with van der Waals surface area (Å²) in [5, 5.41) is 69.1. The molecule has 0 radical (unpaired) electrons. The van der Waals surface area contributed by atoms with Crippen LogP contribution >= 0.6 is 21.6 Å². The lowest BCUT2D eigenvalue weighted by molar-refractivity contribution is -0.143. The van der Waals surface area contributed by atoms with Crippen molar-refractivity contribution < 1.29 is 92.9 Å². The fourth-order valence-corrected chi connectivity index (χ4v) is 7.11. The number of aliphatic carboxylic acids is 6. The predicted molar refractivity (Wildman–Crippen MR) is 224 cm³/mol. The number of hydrogen-bond donors (Lipinski definition) is 14. The summed E-state index contributed by atoms with van der Waals surface area (Å²) in [4.78, 5) is 146. The van der Waals surface area contributed by atoms with Gasteiger partial charge in [0.25, 0.3) is 0 Å². The van der Waals surface area contributed by atoms with Crippen molar-refractivity contribution in [2.45, 2.75) is 87.6 Å². The number of carbonyl (C=O) groups excluding carboxylic acids is 6. The zero-order valence-electron chi connectivity index (χ0n) is 34.4. The Labute approximate surface area is 376 Å². The van der Waals surface area contributed by atoms with Gasteiger partial charge in [-0.2, -0.15) is 0 Å². The van der Waals surface area contributed by atoms with Crippen LogP contribution in [0.5, 0.6) is 0 Å². The molecule has 360 valence electrons. The van der Waals surface area contributed by atoms with Crippen LogP contribution in [0.3, 0.4) is 0 Å². The number of carboxylic acids is 6. The number of ether oxygens (including phenoxy) is 1. The maximum absolute atomic E-state index is 13.5. The minimum absolute atomic E-state index is 0.0210. The molecule has 0 aliphatic rings. The maximum Gasteiger partial charge on any atom is 0.421 e. The van der Waals surface area contributed by atoms with Crippen LogP contribution in [0.15, 0.2) is 30.3 Å². The summed E-state index contributed by atoms with van der Waals surface area (Å²) in [6, 6.07) is -3.40. The van der Waals surface area contributed by atoms with Gasteiger partial charge in [-0.05, 0) is 24.8 Å². The van der Waals surface area contributed by atoms with E-state index >= 15 is 0 Å². The molecule has 0 saturated carbocycles. The second-order valence-electron chi connectivity index (χ2n) is 13.4. The Hall–Kier alpha value is -6.88. The fraction of sp³-hybridized carbons (Fsp3) is 0.500. The number of carboxylic acid groups (broad SMARTS) is 6. The first kappa shape index (κ1) is 56.1. The normalized spacial score (nSPS) is 13.4. The SMILES string of the molecule is CNNC(=O)OCCSSC[C@H](NC(=O)[C@H](Cc1ccccc1)NC(=O)[C@H](CC(=O)O)NC(=O)CC[C@H](NC(=O)CC[C@H](NC(=O)N[C@@H](CCC(=O)O)C(=O)O)C(=O)O)C(=O)O)C(=O)O. The molecule has 14 N–H and O–H groups in total. The fourth-order valence-electron chi connectivity index (χ4n) is 5.13. The molecule has 0 aromatic heterocycles. The van der Waals surface area contributed by atoms with Crippen LogP contribution in [0.2, 0.25) is 0 Å². The van der Waals surface area contributed by atoms with Crippen molar-refractivity contribution in [3.05, 3.63) is 35.9 Å². The van der Waals surface area contributed by atoms with Gasteiger partial charge < -0.3 is 67.3 Å². The van der Waals surface area contributed by atoms with Crippen LogP contribution < -0.4 is 42.8 Å². The van der Waals surface area contributed by atoms with Crippen LogP contribution in [-0.2, 0) is 59.1 Å². The number of rotatable bonds is 32. The Kier molecular flexibility index (Phi) is 26.1. The molecule has 6 atom stereocenters. The average molecular weight is 963 g/mol. The summed E-state index contributed by atoms with van der Waals surface area (Å²) in [6.45, 7) is -0.0210. The van der Waals surface area contributed by atoms with Crippen LogP contribution in [0.25, 0.3) is 0 Å². The molecule has 27 nitrogen and oxygen atoms in total. The standard InChI is InChI=1S/C36H50N8O19S2/c1-37-44-36(62)63-13-14-64-65-17-24(34(59)60)41-29(51)22(15-18-5-3-2-4-6-18)40-30(52)23(16-28(49)50)39-26(46)10-7-19(31(53)54)38-25(45)11-8-20(32(55)56)42-35(61)43-21(33(57)58)9-12-27(47)48/h2-6,19-24,37H,7-17H2,1H3,(H,38,45)(H,39,46)(H,40,52)(H,41,51)(H,44,62)(H,47,48)(H,49,50)(H,53,54)(H,55,56)(H,57,58)(H,59,60)(H2,42,43,61)/t19-,20-,21-,22-,23-,24-/m0/s1. The van der Waals surface area contributed by atoms with Gasteiger partial charge in [-0.1, -0.05) is 51.9 Å². The highest BCUT2D eigenvalue weighted by Gasteiger charge is 2.32. The van der Waals surface area contributed by atoms with E-state index in [0.29, 0.717) is 5.56 Å². The highest BCUT2D eigenvalue weighted by Crippen LogP contribution is 2.22. The molecule has 0 spiro atoms. The number of hydrazine groups is 1. The molecule has 7 amide bonds. The quantitative estimate of drug-likeness (QED) is 0.0205. The van der Waals surface area contributed by atoms with E-state index in [1.54, 1.807) is 30.3 Å². The van der Waals surface area contributed by atoms with Gasteiger partial charge in [-0.25, -0.2) is 34.2 Å². The van der Waals surface area contributed by atoms with Crippen LogP contribution in [0.1, 0.15) is 50.5 Å². The summed E-state index contributed by atoms with van der Waals surface area (Å²) < 4.78 is 4.87. The number of hydrogen-bond acceptors (Lipinski definition) is 16. The molecule has 65 heavy (non-hydrogen) atoms.